The standard InChI is InChI=1S/C22H22F3N5O/c1-29-8-3-4-14(12-29)13-31-18-6-5-15(10-17(18)22(23,24)25)20-16-7-9-30(2)21(16)28-19(11-26)27-20/h5-7,9-10,14H,3-4,8,12-13H2,1-2H3. The molecule has 0 aliphatic carbocycles. The monoisotopic (exact) mass is 429 g/mol. The van der Waals surface area contributed by atoms with E-state index in [4.69, 9.17) is 4.74 Å². The van der Waals surface area contributed by atoms with Crippen LogP contribution in [0.4, 0.5) is 13.2 Å². The topological polar surface area (TPSA) is 67.0 Å². The molecule has 2 aromatic heterocycles. The number of halogens is 3. The van der Waals surface area contributed by atoms with Crippen molar-refractivity contribution in [3.63, 3.8) is 0 Å². The first-order chi connectivity index (χ1) is 14.8. The molecule has 31 heavy (non-hydrogen) atoms. The summed E-state index contributed by atoms with van der Waals surface area (Å²) in [6, 6.07) is 7.53. The molecule has 1 unspecified atom stereocenters. The van der Waals surface area contributed by atoms with Crippen molar-refractivity contribution < 1.29 is 17.9 Å². The van der Waals surface area contributed by atoms with Gasteiger partial charge < -0.3 is 14.2 Å². The number of fused-ring (bicyclic) bond motifs is 1. The molecule has 4 rings (SSSR count). The van der Waals surface area contributed by atoms with Crippen molar-refractivity contribution in [1.29, 1.82) is 5.26 Å². The second-order valence-corrected chi connectivity index (χ2v) is 7.96. The summed E-state index contributed by atoms with van der Waals surface area (Å²) >= 11 is 0. The van der Waals surface area contributed by atoms with Crippen LogP contribution in [0.25, 0.3) is 22.3 Å². The summed E-state index contributed by atoms with van der Waals surface area (Å²) in [6.45, 7) is 2.04. The minimum atomic E-state index is -4.59. The van der Waals surface area contributed by atoms with Crippen molar-refractivity contribution in [1.82, 2.24) is 19.4 Å². The van der Waals surface area contributed by atoms with E-state index in [9.17, 15) is 18.4 Å². The largest absolute Gasteiger partial charge is 0.493 e. The Morgan fingerprint density at radius 1 is 1.23 bits per heavy atom. The van der Waals surface area contributed by atoms with Gasteiger partial charge in [-0.1, -0.05) is 0 Å². The molecule has 0 radical (unpaired) electrons. The fourth-order valence-electron chi connectivity index (χ4n) is 4.05. The maximum Gasteiger partial charge on any atom is 0.419 e. The van der Waals surface area contributed by atoms with Gasteiger partial charge in [0.2, 0.25) is 5.82 Å². The number of nitriles is 1. The van der Waals surface area contributed by atoms with Crippen molar-refractivity contribution in [2.45, 2.75) is 19.0 Å². The van der Waals surface area contributed by atoms with E-state index in [0.29, 0.717) is 11.0 Å². The van der Waals surface area contributed by atoms with Crippen LogP contribution in [0.2, 0.25) is 0 Å². The summed E-state index contributed by atoms with van der Waals surface area (Å²) in [5, 5.41) is 9.83. The number of likely N-dealkylation sites (tertiary alicyclic amines) is 1. The van der Waals surface area contributed by atoms with Crippen molar-refractivity contribution >= 4 is 11.0 Å². The molecule has 3 aromatic rings. The summed E-state index contributed by atoms with van der Waals surface area (Å²) in [5.74, 6) is -0.0912. The summed E-state index contributed by atoms with van der Waals surface area (Å²) in [6.07, 6.45) is -0.909. The first-order valence-electron chi connectivity index (χ1n) is 10.0. The van der Waals surface area contributed by atoms with Crippen molar-refractivity contribution in [3.05, 3.63) is 41.9 Å². The number of hydrogen-bond acceptors (Lipinski definition) is 5. The molecular formula is C22H22F3N5O. The number of alkyl halides is 3. The van der Waals surface area contributed by atoms with Crippen LogP contribution < -0.4 is 4.74 Å². The zero-order valence-corrected chi connectivity index (χ0v) is 17.3. The average Bonchev–Trinajstić information content (AvgIpc) is 3.11. The smallest absolute Gasteiger partial charge is 0.419 e. The minimum absolute atomic E-state index is 0.0976. The predicted octanol–water partition coefficient (Wildman–Crippen LogP) is 4.25. The molecule has 162 valence electrons. The Morgan fingerprint density at radius 3 is 2.74 bits per heavy atom. The van der Waals surface area contributed by atoms with E-state index >= 15 is 0 Å². The van der Waals surface area contributed by atoms with E-state index in [-0.39, 0.29) is 35.4 Å². The molecular weight excluding hydrogens is 407 g/mol. The number of aromatic nitrogens is 3. The molecule has 0 spiro atoms. The number of nitrogens with zero attached hydrogens (tertiary/aromatic N) is 5. The molecule has 1 aliphatic rings. The Labute approximate surface area is 177 Å². The Morgan fingerprint density at radius 2 is 2.03 bits per heavy atom. The Balaban J connectivity index is 1.71. The quantitative estimate of drug-likeness (QED) is 0.621. The van der Waals surface area contributed by atoms with Crippen molar-refractivity contribution in [3.8, 4) is 23.1 Å². The Hall–Kier alpha value is -3.12. The van der Waals surface area contributed by atoms with E-state index in [1.165, 1.54) is 6.07 Å². The molecule has 0 N–H and O–H groups in total. The molecule has 1 fully saturated rings. The molecule has 1 aliphatic heterocycles. The summed E-state index contributed by atoms with van der Waals surface area (Å²) in [4.78, 5) is 10.5. The number of piperidine rings is 1. The molecule has 0 bridgehead atoms. The SMILES string of the molecule is CN1CCCC(COc2ccc(-c3nc(C#N)nc4c3ccn4C)cc2C(F)(F)F)C1. The van der Waals surface area contributed by atoms with Crippen molar-refractivity contribution in [2.75, 3.05) is 26.7 Å². The number of benzene rings is 1. The van der Waals surface area contributed by atoms with Crippen LogP contribution in [0.3, 0.4) is 0 Å². The zero-order chi connectivity index (χ0) is 22.2. The lowest BCUT2D eigenvalue weighted by molar-refractivity contribution is -0.139. The normalized spacial score (nSPS) is 17.6. The maximum absolute atomic E-state index is 13.9. The van der Waals surface area contributed by atoms with Gasteiger partial charge in [0.25, 0.3) is 0 Å². The third kappa shape index (κ3) is 4.35. The van der Waals surface area contributed by atoms with Gasteiger partial charge in [0.1, 0.15) is 17.5 Å². The number of aryl methyl sites for hydroxylation is 1. The molecule has 1 aromatic carbocycles. The van der Waals surface area contributed by atoms with E-state index in [0.717, 1.165) is 32.0 Å². The van der Waals surface area contributed by atoms with E-state index < -0.39 is 11.7 Å². The van der Waals surface area contributed by atoms with Gasteiger partial charge in [-0.25, -0.2) is 9.97 Å². The average molecular weight is 429 g/mol. The van der Waals surface area contributed by atoms with E-state index in [1.54, 1.807) is 29.9 Å². The summed E-state index contributed by atoms with van der Waals surface area (Å²) in [7, 11) is 3.75. The molecule has 1 atom stereocenters. The first kappa shape index (κ1) is 21.1. The third-order valence-corrected chi connectivity index (χ3v) is 5.58. The van der Waals surface area contributed by atoms with Gasteiger partial charge >= 0.3 is 6.18 Å². The van der Waals surface area contributed by atoms with Gasteiger partial charge in [0.15, 0.2) is 0 Å². The van der Waals surface area contributed by atoms with Gasteiger partial charge in [-0.15, -0.1) is 0 Å². The lowest BCUT2D eigenvalue weighted by Crippen LogP contribution is -2.34. The molecule has 3 heterocycles. The van der Waals surface area contributed by atoms with Crippen molar-refractivity contribution in [2.24, 2.45) is 13.0 Å². The third-order valence-electron chi connectivity index (χ3n) is 5.58. The number of hydrogen-bond donors (Lipinski definition) is 0. The van der Waals surface area contributed by atoms with Crippen LogP contribution in [0.5, 0.6) is 5.75 Å². The Kier molecular flexibility index (Phi) is 5.58. The zero-order valence-electron chi connectivity index (χ0n) is 17.3. The van der Waals surface area contributed by atoms with Crippen LogP contribution in [0.15, 0.2) is 30.5 Å². The Bertz CT molecular complexity index is 1150. The van der Waals surface area contributed by atoms with Crippen LogP contribution in [0.1, 0.15) is 24.2 Å². The highest BCUT2D eigenvalue weighted by Crippen LogP contribution is 2.40. The van der Waals surface area contributed by atoms with E-state index in [1.807, 2.05) is 13.1 Å². The fraction of sp³-hybridized carbons (Fsp3) is 0.409. The molecule has 0 saturated carbocycles. The second-order valence-electron chi connectivity index (χ2n) is 7.96. The van der Waals surface area contributed by atoms with Crippen LogP contribution in [0, 0.1) is 17.2 Å². The highest BCUT2D eigenvalue weighted by Gasteiger charge is 2.35. The molecule has 1 saturated heterocycles. The second kappa shape index (κ2) is 8.19. The van der Waals surface area contributed by atoms with Gasteiger partial charge in [0.05, 0.1) is 17.9 Å². The number of ether oxygens (including phenoxy) is 1. The van der Waals surface area contributed by atoms with Gasteiger partial charge in [-0.3, -0.25) is 0 Å². The van der Waals surface area contributed by atoms with Gasteiger partial charge in [0, 0.05) is 36.7 Å². The lowest BCUT2D eigenvalue weighted by atomic mass is 9.99. The van der Waals surface area contributed by atoms with E-state index in [2.05, 4.69) is 14.9 Å². The van der Waals surface area contributed by atoms with Crippen LogP contribution >= 0.6 is 0 Å². The molecule has 6 nitrogen and oxygen atoms in total. The van der Waals surface area contributed by atoms with Crippen LogP contribution in [-0.2, 0) is 13.2 Å². The highest BCUT2D eigenvalue weighted by molar-refractivity contribution is 5.91. The first-order valence-corrected chi connectivity index (χ1v) is 10.0. The lowest BCUT2D eigenvalue weighted by Gasteiger charge is -2.29. The molecule has 0 amide bonds. The van der Waals surface area contributed by atoms with Gasteiger partial charge in [-0.2, -0.15) is 18.4 Å². The maximum atomic E-state index is 13.9. The highest BCUT2D eigenvalue weighted by atomic mass is 19.4. The number of rotatable bonds is 4. The molecule has 9 heteroatoms. The summed E-state index contributed by atoms with van der Waals surface area (Å²) < 4.78 is 48.9. The fourth-order valence-corrected chi connectivity index (χ4v) is 4.05. The summed E-state index contributed by atoms with van der Waals surface area (Å²) in [5.41, 5.74) is 0.174. The predicted molar refractivity (Wildman–Crippen MR) is 109 cm³/mol. The van der Waals surface area contributed by atoms with Crippen LogP contribution in [-0.4, -0.2) is 46.2 Å². The van der Waals surface area contributed by atoms with Gasteiger partial charge in [-0.05, 0) is 50.7 Å². The minimum Gasteiger partial charge on any atom is -0.493 e.